The van der Waals surface area contributed by atoms with Gasteiger partial charge in [-0.25, -0.2) is 0 Å². The van der Waals surface area contributed by atoms with Crippen LogP contribution in [0.5, 0.6) is 0 Å². The van der Waals surface area contributed by atoms with Gasteiger partial charge in [0.1, 0.15) is 0 Å². The smallest absolute Gasteiger partial charge is 0.252 e. The normalized spacial score (nSPS) is 14.0. The zero-order valence-corrected chi connectivity index (χ0v) is 47.0. The summed E-state index contributed by atoms with van der Waals surface area (Å²) >= 11 is 0. The van der Waals surface area contributed by atoms with Gasteiger partial charge in [-0.15, -0.1) is 0 Å². The summed E-state index contributed by atoms with van der Waals surface area (Å²) in [6, 6.07) is 105. The van der Waals surface area contributed by atoms with Gasteiger partial charge in [0.05, 0.1) is 27.9 Å². The summed E-state index contributed by atoms with van der Waals surface area (Å²) in [4.78, 5) is 10.3. The summed E-state index contributed by atoms with van der Waals surface area (Å²) in [5, 5.41) is 6.34. The molecule has 400 valence electrons. The van der Waals surface area contributed by atoms with Crippen molar-refractivity contribution >= 4 is 159 Å². The van der Waals surface area contributed by atoms with Crippen LogP contribution < -0.4 is 62.9 Å². The van der Waals surface area contributed by atoms with Crippen LogP contribution in [0.15, 0.2) is 279 Å². The Bertz CT molecular complexity index is 5240. The molecule has 0 amide bonds. The first kappa shape index (κ1) is 47.5. The van der Waals surface area contributed by atoms with Crippen molar-refractivity contribution in [3.63, 3.8) is 0 Å². The zero-order chi connectivity index (χ0) is 56.1. The number of aromatic nitrogens is 2. The maximum atomic E-state index is 2.61. The van der Waals surface area contributed by atoms with Crippen molar-refractivity contribution in [1.82, 2.24) is 9.13 Å². The molecule has 0 bridgehead atoms. The van der Waals surface area contributed by atoms with Gasteiger partial charge in [-0.05, 0) is 161 Å². The Hall–Kier alpha value is -11.0. The molecule has 6 nitrogen and oxygen atoms in total. The van der Waals surface area contributed by atoms with Crippen LogP contribution in [0.2, 0.25) is 0 Å². The van der Waals surface area contributed by atoms with Crippen molar-refractivity contribution in [2.45, 2.75) is 12.8 Å². The number of para-hydroxylation sites is 9. The monoisotopic (exact) mass is 1090 g/mol. The first-order valence-electron chi connectivity index (χ1n) is 30.1. The lowest BCUT2D eigenvalue weighted by Gasteiger charge is -2.47. The van der Waals surface area contributed by atoms with Gasteiger partial charge >= 0.3 is 0 Å². The summed E-state index contributed by atoms with van der Waals surface area (Å²) < 4.78 is 5.04. The van der Waals surface area contributed by atoms with Gasteiger partial charge < -0.3 is 28.7 Å². The maximum Gasteiger partial charge on any atom is 0.252 e. The minimum atomic E-state index is -0.138. The van der Waals surface area contributed by atoms with Crippen molar-refractivity contribution in [3.8, 4) is 11.4 Å². The number of fused-ring (bicyclic) bond motifs is 14. The largest absolute Gasteiger partial charge is 0.311 e. The first-order valence-corrected chi connectivity index (χ1v) is 30.1. The molecule has 0 unspecified atom stereocenters. The van der Waals surface area contributed by atoms with E-state index in [-0.39, 0.29) is 13.4 Å². The fourth-order valence-electron chi connectivity index (χ4n) is 15.7. The van der Waals surface area contributed by atoms with E-state index in [0.29, 0.717) is 0 Å². The molecule has 0 fully saturated rings. The Balaban J connectivity index is 0.949. The van der Waals surface area contributed by atoms with E-state index in [1.54, 1.807) is 0 Å². The van der Waals surface area contributed by atoms with Crippen LogP contribution in [0.4, 0.5) is 68.2 Å². The summed E-state index contributed by atoms with van der Waals surface area (Å²) in [7, 11) is 0. The van der Waals surface area contributed by atoms with Gasteiger partial charge in [-0.1, -0.05) is 176 Å². The molecule has 86 heavy (non-hydrogen) atoms. The molecule has 0 spiro atoms. The minimum absolute atomic E-state index is 0.133. The van der Waals surface area contributed by atoms with E-state index in [2.05, 4.69) is 320 Å². The number of benzene rings is 12. The standard InChI is InChI=1S/C78H52B2N6/c1-5-25-51(26-6-1)81-69-43-23-17-37-61(69)79-63-49-72-64(50-71(63)83(53-29-9-3-10-30-53)75-47-55(45-73(81)77(75)79)85-65-39-19-13-33-57(65)58-34-14-20-40-66(58)85)80-62-38-18-24-44-70(62)82(52-27-7-2-8-28-52)74-46-56(48-76(78(74)80)84(72)54-31-11-4-12-32-54)86-67-41-21-15-35-59(67)60-36-16-22-42-68(60)86/h1-15,17-21,23-50H,16,22H2. The molecule has 12 aromatic carbocycles. The van der Waals surface area contributed by atoms with E-state index < -0.39 is 0 Å². The average molecular weight is 1090 g/mol. The van der Waals surface area contributed by atoms with Crippen molar-refractivity contribution in [3.05, 3.63) is 290 Å². The quantitative estimate of drug-likeness (QED) is 0.155. The average Bonchev–Trinajstić information content (AvgIpc) is 0.855. The molecule has 19 rings (SSSR count). The lowest BCUT2D eigenvalue weighted by Crippen LogP contribution is -2.64. The van der Waals surface area contributed by atoms with E-state index in [0.717, 1.165) is 58.3 Å². The van der Waals surface area contributed by atoms with Crippen LogP contribution >= 0.6 is 0 Å². The van der Waals surface area contributed by atoms with Crippen LogP contribution in [0.25, 0.3) is 56.2 Å². The highest BCUT2D eigenvalue weighted by atomic mass is 15.2. The van der Waals surface area contributed by atoms with Crippen LogP contribution in [-0.4, -0.2) is 22.6 Å². The van der Waals surface area contributed by atoms with Gasteiger partial charge in [0.25, 0.3) is 13.4 Å². The Labute approximate surface area is 499 Å². The number of nitrogens with zero attached hydrogens (tertiary/aromatic N) is 6. The summed E-state index contributed by atoms with van der Waals surface area (Å²) in [6.07, 6.45) is 6.94. The first-order chi connectivity index (χ1) is 42.7. The summed E-state index contributed by atoms with van der Waals surface area (Å²) in [6.45, 7) is -0.271. The lowest BCUT2D eigenvalue weighted by atomic mass is 9.31. The molecule has 8 heteroatoms. The highest BCUT2D eigenvalue weighted by Crippen LogP contribution is 2.50. The maximum absolute atomic E-state index is 2.61. The minimum Gasteiger partial charge on any atom is -0.311 e. The topological polar surface area (TPSA) is 22.8 Å². The van der Waals surface area contributed by atoms with E-state index in [9.17, 15) is 0 Å². The Morgan fingerprint density at radius 1 is 0.244 bits per heavy atom. The fourth-order valence-corrected chi connectivity index (χ4v) is 15.7. The second-order valence-corrected chi connectivity index (χ2v) is 23.4. The molecular weight excluding hydrogens is 1040 g/mol. The molecule has 2 aromatic heterocycles. The second-order valence-electron chi connectivity index (χ2n) is 23.4. The highest BCUT2D eigenvalue weighted by Gasteiger charge is 2.48. The molecule has 1 aliphatic carbocycles. The van der Waals surface area contributed by atoms with Gasteiger partial charge in [-0.3, -0.25) is 0 Å². The molecule has 14 aromatic rings. The molecule has 0 N–H and O–H groups in total. The summed E-state index contributed by atoms with van der Waals surface area (Å²) in [5.74, 6) is 0. The van der Waals surface area contributed by atoms with Gasteiger partial charge in [-0.2, -0.15) is 0 Å². The Morgan fingerprint density at radius 3 is 1.02 bits per heavy atom. The molecule has 0 saturated carbocycles. The van der Waals surface area contributed by atoms with Crippen molar-refractivity contribution in [1.29, 1.82) is 0 Å². The van der Waals surface area contributed by atoms with Crippen LogP contribution in [0.3, 0.4) is 0 Å². The molecule has 0 radical (unpaired) electrons. The number of rotatable bonds is 6. The molecule has 4 aliphatic heterocycles. The van der Waals surface area contributed by atoms with E-state index in [4.69, 9.17) is 0 Å². The number of hydrogen-bond donors (Lipinski definition) is 0. The third kappa shape index (κ3) is 6.64. The molecule has 6 heterocycles. The third-order valence-corrected chi connectivity index (χ3v) is 19.0. The van der Waals surface area contributed by atoms with Crippen LogP contribution in [-0.2, 0) is 0 Å². The van der Waals surface area contributed by atoms with Crippen LogP contribution in [0, 0.1) is 0 Å². The van der Waals surface area contributed by atoms with Gasteiger partial charge in [0, 0.05) is 95.0 Å². The van der Waals surface area contributed by atoms with Gasteiger partial charge in [0.2, 0.25) is 0 Å². The van der Waals surface area contributed by atoms with E-state index >= 15 is 0 Å². The zero-order valence-electron chi connectivity index (χ0n) is 47.0. The Kier molecular flexibility index (Phi) is 10.1. The molecule has 0 saturated heterocycles. The summed E-state index contributed by atoms with van der Waals surface area (Å²) in [5.41, 5.74) is 27.3. The molecule has 5 aliphatic rings. The predicted octanol–water partition coefficient (Wildman–Crippen LogP) is 14.2. The molecule has 0 atom stereocenters. The SMILES string of the molecule is C1=c2c(n(-c3cc4c5c(c3)N(c3ccccc3)c3cc6c(cc3B5c3ccccc3N4c3ccccc3)N(c3ccccc3)c3cc(-n4c5ccccc5c5ccccc54)cc4c3B6c3ccccc3N4c3ccccc3)c3ccccc23)=CCC1. The van der Waals surface area contributed by atoms with Crippen molar-refractivity contribution in [2.75, 3.05) is 19.6 Å². The highest BCUT2D eigenvalue weighted by molar-refractivity contribution is 7.02. The predicted molar refractivity (Wildman–Crippen MR) is 363 cm³/mol. The Morgan fingerprint density at radius 2 is 0.581 bits per heavy atom. The lowest BCUT2D eigenvalue weighted by molar-refractivity contribution is 1.02. The fraction of sp³-hybridized carbons (Fsp3) is 0.0256. The van der Waals surface area contributed by atoms with Crippen LogP contribution in [0.1, 0.15) is 12.8 Å². The number of anilines is 12. The third-order valence-electron chi connectivity index (χ3n) is 19.0. The second kappa shape index (κ2) is 18.3. The van der Waals surface area contributed by atoms with E-state index in [1.807, 2.05) is 0 Å². The van der Waals surface area contributed by atoms with Crippen molar-refractivity contribution < 1.29 is 0 Å². The van der Waals surface area contributed by atoms with Crippen molar-refractivity contribution in [2.24, 2.45) is 0 Å². The number of hydrogen-bond acceptors (Lipinski definition) is 4. The van der Waals surface area contributed by atoms with E-state index in [1.165, 1.54) is 110 Å². The molecular formula is C78H52B2N6. The van der Waals surface area contributed by atoms with Gasteiger partial charge in [0.15, 0.2) is 0 Å².